The van der Waals surface area contributed by atoms with Gasteiger partial charge in [0.25, 0.3) is 0 Å². The highest BCUT2D eigenvalue weighted by atomic mass is 35.5. The molecule has 90 valence electrons. The predicted octanol–water partition coefficient (Wildman–Crippen LogP) is 2.86. The summed E-state index contributed by atoms with van der Waals surface area (Å²) in [4.78, 5) is 4.20. The van der Waals surface area contributed by atoms with Crippen LogP contribution in [0.5, 0.6) is 0 Å². The molecule has 0 aliphatic heterocycles. The van der Waals surface area contributed by atoms with Crippen molar-refractivity contribution in [2.24, 2.45) is 0 Å². The third-order valence-electron chi connectivity index (χ3n) is 2.54. The Bertz CT molecular complexity index is 414. The molecule has 0 bridgehead atoms. The average molecular weight is 268 g/mol. The van der Waals surface area contributed by atoms with Crippen LogP contribution >= 0.6 is 23.4 Å². The van der Waals surface area contributed by atoms with Crippen molar-refractivity contribution >= 4 is 23.4 Å². The molecule has 1 fully saturated rings. The summed E-state index contributed by atoms with van der Waals surface area (Å²) in [6.45, 7) is 0. The van der Waals surface area contributed by atoms with Gasteiger partial charge in [-0.15, -0.1) is 11.8 Å². The normalized spacial score (nSPS) is 16.5. The zero-order chi connectivity index (χ0) is 12.1. The standard InChI is InChI=1S/C12H14ClN3S/c13-11-2-1-6-15-12(11)17-7-5-10(8-14)16-9-3-4-9/h1-2,6,9-10,16H,3-5,7H2. The molecule has 1 aliphatic rings. The van der Waals surface area contributed by atoms with Gasteiger partial charge in [0.2, 0.25) is 0 Å². The Balaban J connectivity index is 1.74. The molecule has 1 aromatic heterocycles. The molecule has 2 rings (SSSR count). The number of nitrogens with one attached hydrogen (secondary N) is 1. The van der Waals surface area contributed by atoms with Crippen molar-refractivity contribution in [1.82, 2.24) is 10.3 Å². The Morgan fingerprint density at radius 2 is 2.47 bits per heavy atom. The van der Waals surface area contributed by atoms with E-state index in [1.165, 1.54) is 12.8 Å². The van der Waals surface area contributed by atoms with Crippen molar-refractivity contribution in [1.29, 1.82) is 5.26 Å². The number of hydrogen-bond acceptors (Lipinski definition) is 4. The van der Waals surface area contributed by atoms with E-state index in [2.05, 4.69) is 16.4 Å². The van der Waals surface area contributed by atoms with E-state index in [4.69, 9.17) is 16.9 Å². The van der Waals surface area contributed by atoms with Crippen LogP contribution in [0.2, 0.25) is 5.02 Å². The van der Waals surface area contributed by atoms with Gasteiger partial charge in [-0.2, -0.15) is 5.26 Å². The predicted molar refractivity (Wildman–Crippen MR) is 70.1 cm³/mol. The summed E-state index contributed by atoms with van der Waals surface area (Å²) < 4.78 is 0. The van der Waals surface area contributed by atoms with Crippen LogP contribution in [0.3, 0.4) is 0 Å². The fourth-order valence-electron chi connectivity index (χ4n) is 1.47. The minimum absolute atomic E-state index is 0.0440. The van der Waals surface area contributed by atoms with E-state index in [-0.39, 0.29) is 6.04 Å². The first-order valence-electron chi connectivity index (χ1n) is 5.68. The summed E-state index contributed by atoms with van der Waals surface area (Å²) in [7, 11) is 0. The molecule has 17 heavy (non-hydrogen) atoms. The van der Waals surface area contributed by atoms with E-state index in [0.29, 0.717) is 11.1 Å². The first kappa shape index (κ1) is 12.7. The maximum absolute atomic E-state index is 8.99. The molecule has 3 nitrogen and oxygen atoms in total. The number of rotatable bonds is 6. The molecule has 1 heterocycles. The van der Waals surface area contributed by atoms with Crippen LogP contribution in [0.4, 0.5) is 0 Å². The minimum Gasteiger partial charge on any atom is -0.299 e. The van der Waals surface area contributed by atoms with E-state index in [9.17, 15) is 0 Å². The second-order valence-electron chi connectivity index (χ2n) is 4.05. The first-order chi connectivity index (χ1) is 8.29. The van der Waals surface area contributed by atoms with Gasteiger partial charge in [-0.05, 0) is 31.4 Å². The first-order valence-corrected chi connectivity index (χ1v) is 7.05. The van der Waals surface area contributed by atoms with E-state index in [1.54, 1.807) is 18.0 Å². The topological polar surface area (TPSA) is 48.7 Å². The number of pyridine rings is 1. The Kier molecular flexibility index (Phi) is 4.66. The highest BCUT2D eigenvalue weighted by Crippen LogP contribution is 2.25. The van der Waals surface area contributed by atoms with Crippen molar-refractivity contribution in [3.63, 3.8) is 0 Å². The van der Waals surface area contributed by atoms with Gasteiger partial charge >= 0.3 is 0 Å². The van der Waals surface area contributed by atoms with Crippen molar-refractivity contribution < 1.29 is 0 Å². The molecular formula is C12H14ClN3S. The third-order valence-corrected chi connectivity index (χ3v) is 4.00. The fourth-order valence-corrected chi connectivity index (χ4v) is 2.64. The molecule has 0 amide bonds. The SMILES string of the molecule is N#CC(CCSc1ncccc1Cl)NC1CC1. The fraction of sp³-hybridized carbons (Fsp3) is 0.500. The molecule has 5 heteroatoms. The van der Waals surface area contributed by atoms with Gasteiger partial charge in [-0.3, -0.25) is 5.32 Å². The summed E-state index contributed by atoms with van der Waals surface area (Å²) in [5.74, 6) is 0.856. The molecule has 0 spiro atoms. The quantitative estimate of drug-likeness (QED) is 0.805. The van der Waals surface area contributed by atoms with E-state index < -0.39 is 0 Å². The number of halogens is 1. The van der Waals surface area contributed by atoms with Crippen molar-refractivity contribution in [3.8, 4) is 6.07 Å². The van der Waals surface area contributed by atoms with Gasteiger partial charge in [-0.25, -0.2) is 4.98 Å². The number of thioether (sulfide) groups is 1. The van der Waals surface area contributed by atoms with Crippen LogP contribution in [-0.4, -0.2) is 22.8 Å². The van der Waals surface area contributed by atoms with E-state index in [1.807, 2.05) is 12.1 Å². The molecule has 1 saturated carbocycles. The van der Waals surface area contributed by atoms with Crippen molar-refractivity contribution in [2.45, 2.75) is 36.4 Å². The van der Waals surface area contributed by atoms with Gasteiger partial charge in [0.15, 0.2) is 0 Å². The highest BCUT2D eigenvalue weighted by Gasteiger charge is 2.24. The lowest BCUT2D eigenvalue weighted by Gasteiger charge is -2.10. The maximum Gasteiger partial charge on any atom is 0.115 e. The molecular weight excluding hydrogens is 254 g/mol. The van der Waals surface area contributed by atoms with Crippen molar-refractivity contribution in [3.05, 3.63) is 23.4 Å². The number of hydrogen-bond donors (Lipinski definition) is 1. The zero-order valence-electron chi connectivity index (χ0n) is 9.40. The van der Waals surface area contributed by atoms with Gasteiger partial charge in [0.05, 0.1) is 17.1 Å². The molecule has 1 aliphatic carbocycles. The Morgan fingerprint density at radius 3 is 3.12 bits per heavy atom. The zero-order valence-corrected chi connectivity index (χ0v) is 11.0. The van der Waals surface area contributed by atoms with Gasteiger partial charge < -0.3 is 0 Å². The summed E-state index contributed by atoms with van der Waals surface area (Å²) in [5, 5.41) is 13.8. The molecule has 0 aromatic carbocycles. The third kappa shape index (κ3) is 4.19. The van der Waals surface area contributed by atoms with E-state index in [0.717, 1.165) is 17.2 Å². The molecule has 1 aromatic rings. The summed E-state index contributed by atoms with van der Waals surface area (Å²) in [6, 6.07) is 6.48. The highest BCUT2D eigenvalue weighted by molar-refractivity contribution is 7.99. The monoisotopic (exact) mass is 267 g/mol. The van der Waals surface area contributed by atoms with Crippen LogP contribution in [0.25, 0.3) is 0 Å². The lowest BCUT2D eigenvalue weighted by atomic mass is 10.2. The molecule has 0 saturated heterocycles. The van der Waals surface area contributed by atoms with Gasteiger partial charge in [0, 0.05) is 18.0 Å². The molecule has 0 radical (unpaired) electrons. The lowest BCUT2D eigenvalue weighted by Crippen LogP contribution is -2.29. The Morgan fingerprint density at radius 1 is 1.65 bits per heavy atom. The van der Waals surface area contributed by atoms with Gasteiger partial charge in [-0.1, -0.05) is 11.6 Å². The van der Waals surface area contributed by atoms with E-state index >= 15 is 0 Å². The van der Waals surface area contributed by atoms with Crippen LogP contribution < -0.4 is 5.32 Å². The van der Waals surface area contributed by atoms with Crippen LogP contribution in [0.1, 0.15) is 19.3 Å². The minimum atomic E-state index is -0.0440. The Hall–Kier alpha value is -0.760. The second-order valence-corrected chi connectivity index (χ2v) is 5.54. The van der Waals surface area contributed by atoms with Crippen LogP contribution in [0.15, 0.2) is 23.4 Å². The Labute approximate surface area is 111 Å². The summed E-state index contributed by atoms with van der Waals surface area (Å²) in [5.41, 5.74) is 0. The molecule has 1 unspecified atom stereocenters. The number of nitriles is 1. The summed E-state index contributed by atoms with van der Waals surface area (Å²) in [6.07, 6.45) is 4.97. The molecule has 1 atom stereocenters. The molecule has 1 N–H and O–H groups in total. The second kappa shape index (κ2) is 6.25. The van der Waals surface area contributed by atoms with Crippen molar-refractivity contribution in [2.75, 3.05) is 5.75 Å². The average Bonchev–Trinajstić information content (AvgIpc) is 3.14. The smallest absolute Gasteiger partial charge is 0.115 e. The van der Waals surface area contributed by atoms with Gasteiger partial charge in [0.1, 0.15) is 5.03 Å². The largest absolute Gasteiger partial charge is 0.299 e. The maximum atomic E-state index is 8.99. The number of nitrogens with zero attached hydrogens (tertiary/aromatic N) is 2. The number of aromatic nitrogens is 1. The summed E-state index contributed by atoms with van der Waals surface area (Å²) >= 11 is 7.61. The van der Waals surface area contributed by atoms with Crippen LogP contribution in [-0.2, 0) is 0 Å². The lowest BCUT2D eigenvalue weighted by molar-refractivity contribution is 0.587. The van der Waals surface area contributed by atoms with Crippen LogP contribution in [0, 0.1) is 11.3 Å².